The van der Waals surface area contributed by atoms with Crippen LogP contribution in [-0.4, -0.2) is 87.6 Å². The lowest BCUT2D eigenvalue weighted by Gasteiger charge is -2.33. The first-order chi connectivity index (χ1) is 26.7. The first kappa shape index (κ1) is 46.1. The third kappa shape index (κ3) is 17.2. The second-order valence-corrected chi connectivity index (χ2v) is 16.8. The molecule has 8 N–H and O–H groups in total. The Morgan fingerprint density at radius 2 is 1.61 bits per heavy atom. The van der Waals surface area contributed by atoms with Gasteiger partial charge in [0, 0.05) is 30.7 Å². The largest absolute Gasteiger partial charge is 0.444 e. The number of nitrogens with one attached hydrogen (secondary N) is 5. The van der Waals surface area contributed by atoms with Crippen LogP contribution in [-0.2, 0) is 36.8 Å². The van der Waals surface area contributed by atoms with Crippen molar-refractivity contribution in [3.05, 3.63) is 54.1 Å². The predicted molar refractivity (Wildman–Crippen MR) is 215 cm³/mol. The first-order valence-corrected chi connectivity index (χ1v) is 20.4. The number of benzene rings is 1. The number of ether oxygens (including phenoxy) is 1. The molecule has 6 atom stereocenters. The monoisotopic (exact) mass is 782 g/mol. The molecular weight excluding hydrogens is 715 g/mol. The predicted octanol–water partition coefficient (Wildman–Crippen LogP) is 4.25. The molecule has 0 radical (unpaired) electrons. The SMILES string of the molecule is CC(C)C[C@@H](C[C@H](O)[C@H](CC1CCCCC1)NC(=O)[C@H](Cc1cnc[nH]1)NC(=O)[C@H](Cc1ccccc1)NC(=O)OC(C)(C)C)C(=O)N[C@H](C=O)CCCCN. The number of carbonyl (C=O) groups excluding carboxylic acids is 5. The van der Waals surface area contributed by atoms with E-state index in [1.54, 1.807) is 27.0 Å². The van der Waals surface area contributed by atoms with Crippen molar-refractivity contribution in [2.45, 2.75) is 154 Å². The molecule has 1 aromatic heterocycles. The van der Waals surface area contributed by atoms with E-state index in [9.17, 15) is 29.1 Å². The summed E-state index contributed by atoms with van der Waals surface area (Å²) in [5.41, 5.74) is 6.21. The average Bonchev–Trinajstić information content (AvgIpc) is 3.66. The number of amides is 4. The molecule has 1 aliphatic carbocycles. The van der Waals surface area contributed by atoms with E-state index in [0.717, 1.165) is 50.4 Å². The Hall–Kier alpha value is -4.30. The number of carbonyl (C=O) groups is 5. The van der Waals surface area contributed by atoms with Gasteiger partial charge in [-0.1, -0.05) is 76.3 Å². The van der Waals surface area contributed by atoms with Crippen molar-refractivity contribution in [3.8, 4) is 0 Å². The van der Waals surface area contributed by atoms with Crippen molar-refractivity contribution < 1.29 is 33.8 Å². The maximum atomic E-state index is 14.3. The lowest BCUT2D eigenvalue weighted by Crippen LogP contribution is -2.58. The molecule has 2 aromatic rings. The van der Waals surface area contributed by atoms with Crippen LogP contribution in [0.1, 0.15) is 117 Å². The highest BCUT2D eigenvalue weighted by atomic mass is 16.6. The number of aliphatic hydroxyl groups is 1. The number of aldehydes is 1. The smallest absolute Gasteiger partial charge is 0.408 e. The molecule has 1 aliphatic rings. The van der Waals surface area contributed by atoms with Crippen LogP contribution < -0.4 is 27.0 Å². The maximum Gasteiger partial charge on any atom is 0.408 e. The third-order valence-corrected chi connectivity index (χ3v) is 10.1. The number of alkyl carbamates (subject to hydrolysis) is 1. The molecule has 0 aliphatic heterocycles. The van der Waals surface area contributed by atoms with Gasteiger partial charge in [-0.3, -0.25) is 14.4 Å². The van der Waals surface area contributed by atoms with Crippen LogP contribution in [0.15, 0.2) is 42.9 Å². The fourth-order valence-corrected chi connectivity index (χ4v) is 7.30. The molecule has 1 fully saturated rings. The summed E-state index contributed by atoms with van der Waals surface area (Å²) in [6, 6.07) is 5.66. The highest BCUT2D eigenvalue weighted by molar-refractivity contribution is 5.91. The zero-order valence-corrected chi connectivity index (χ0v) is 34.1. The summed E-state index contributed by atoms with van der Waals surface area (Å²) < 4.78 is 5.47. The molecule has 0 saturated heterocycles. The normalized spacial score (nSPS) is 16.8. The minimum Gasteiger partial charge on any atom is -0.444 e. The molecule has 0 spiro atoms. The van der Waals surface area contributed by atoms with E-state index >= 15 is 0 Å². The highest BCUT2D eigenvalue weighted by Crippen LogP contribution is 2.30. The Morgan fingerprint density at radius 3 is 2.21 bits per heavy atom. The minimum atomic E-state index is -1.11. The Balaban J connectivity index is 1.87. The van der Waals surface area contributed by atoms with Gasteiger partial charge >= 0.3 is 6.09 Å². The number of hydrogen-bond donors (Lipinski definition) is 7. The molecule has 3 rings (SSSR count). The van der Waals surface area contributed by atoms with Gasteiger partial charge in [0.2, 0.25) is 17.7 Å². The molecule has 56 heavy (non-hydrogen) atoms. The molecule has 14 heteroatoms. The highest BCUT2D eigenvalue weighted by Gasteiger charge is 2.35. The third-order valence-electron chi connectivity index (χ3n) is 10.1. The average molecular weight is 782 g/mol. The zero-order valence-electron chi connectivity index (χ0n) is 34.1. The van der Waals surface area contributed by atoms with Crippen LogP contribution >= 0.6 is 0 Å². The first-order valence-electron chi connectivity index (χ1n) is 20.4. The van der Waals surface area contributed by atoms with Crippen molar-refractivity contribution in [3.63, 3.8) is 0 Å². The molecule has 312 valence electrons. The van der Waals surface area contributed by atoms with E-state index in [2.05, 4.69) is 31.2 Å². The second-order valence-electron chi connectivity index (χ2n) is 16.8. The number of rotatable bonds is 23. The lowest BCUT2D eigenvalue weighted by molar-refractivity contribution is -0.131. The fraction of sp³-hybridized carbons (Fsp3) is 0.667. The number of hydrogen-bond acceptors (Lipinski definition) is 9. The quantitative estimate of drug-likeness (QED) is 0.0633. The molecule has 4 amide bonds. The van der Waals surface area contributed by atoms with E-state index in [0.29, 0.717) is 37.9 Å². The van der Waals surface area contributed by atoms with Crippen molar-refractivity contribution in [1.82, 2.24) is 31.2 Å². The summed E-state index contributed by atoms with van der Waals surface area (Å²) in [4.78, 5) is 73.8. The molecule has 1 heterocycles. The topological polar surface area (TPSA) is 218 Å². The fourth-order valence-electron chi connectivity index (χ4n) is 7.30. The molecular formula is C42H67N7O7. The van der Waals surface area contributed by atoms with Gasteiger partial charge in [-0.25, -0.2) is 9.78 Å². The lowest BCUT2D eigenvalue weighted by atomic mass is 9.81. The Labute approximate surface area is 332 Å². The molecule has 14 nitrogen and oxygen atoms in total. The van der Waals surface area contributed by atoms with E-state index in [1.165, 1.54) is 6.33 Å². The Kier molecular flexibility index (Phi) is 19.5. The van der Waals surface area contributed by atoms with Crippen molar-refractivity contribution in [1.29, 1.82) is 0 Å². The number of nitrogens with two attached hydrogens (primary N) is 1. The number of aliphatic hydroxyl groups excluding tert-OH is 1. The second kappa shape index (κ2) is 23.7. The number of imidazole rings is 1. The molecule has 0 bridgehead atoms. The van der Waals surface area contributed by atoms with E-state index in [1.807, 2.05) is 44.2 Å². The summed E-state index contributed by atoms with van der Waals surface area (Å²) >= 11 is 0. The van der Waals surface area contributed by atoms with Crippen LogP contribution in [0.25, 0.3) is 0 Å². The summed E-state index contributed by atoms with van der Waals surface area (Å²) in [6.45, 7) is 9.68. The van der Waals surface area contributed by atoms with Crippen molar-refractivity contribution in [2.75, 3.05) is 6.54 Å². The van der Waals surface area contributed by atoms with Gasteiger partial charge in [0.15, 0.2) is 0 Å². The van der Waals surface area contributed by atoms with Crippen molar-refractivity contribution >= 4 is 30.1 Å². The summed E-state index contributed by atoms with van der Waals surface area (Å²) in [6.07, 6.45) is 10.3. The number of aromatic amines is 1. The van der Waals surface area contributed by atoms with Gasteiger partial charge in [-0.2, -0.15) is 0 Å². The summed E-state index contributed by atoms with van der Waals surface area (Å²) in [7, 11) is 0. The van der Waals surface area contributed by atoms with Gasteiger partial charge in [0.1, 0.15) is 24.0 Å². The summed E-state index contributed by atoms with van der Waals surface area (Å²) in [5.74, 6) is -1.63. The number of nitrogens with zero attached hydrogens (tertiary/aromatic N) is 1. The summed E-state index contributed by atoms with van der Waals surface area (Å²) in [5, 5.41) is 23.4. The van der Waals surface area contributed by atoms with Gasteiger partial charge in [-0.05, 0) is 83.2 Å². The van der Waals surface area contributed by atoms with E-state index in [4.69, 9.17) is 10.5 Å². The molecule has 0 unspecified atom stereocenters. The number of unbranched alkanes of at least 4 members (excludes halogenated alkanes) is 1. The van der Waals surface area contributed by atoms with Gasteiger partial charge in [0.25, 0.3) is 0 Å². The molecule has 1 saturated carbocycles. The van der Waals surface area contributed by atoms with Crippen LogP contribution in [0, 0.1) is 17.8 Å². The van der Waals surface area contributed by atoms with E-state index in [-0.39, 0.29) is 37.0 Å². The Morgan fingerprint density at radius 1 is 0.929 bits per heavy atom. The number of H-pyrrole nitrogens is 1. The van der Waals surface area contributed by atoms with Crippen LogP contribution in [0.4, 0.5) is 4.79 Å². The van der Waals surface area contributed by atoms with Crippen LogP contribution in [0.2, 0.25) is 0 Å². The van der Waals surface area contributed by atoms with Gasteiger partial charge in [0.05, 0.1) is 24.5 Å². The van der Waals surface area contributed by atoms with E-state index < -0.39 is 59.7 Å². The number of aromatic nitrogens is 2. The van der Waals surface area contributed by atoms with Gasteiger partial charge in [-0.15, -0.1) is 0 Å². The Bertz CT molecular complexity index is 1480. The van der Waals surface area contributed by atoms with Crippen LogP contribution in [0.5, 0.6) is 0 Å². The van der Waals surface area contributed by atoms with Crippen molar-refractivity contribution in [2.24, 2.45) is 23.5 Å². The molecule has 1 aromatic carbocycles. The van der Waals surface area contributed by atoms with Gasteiger partial charge < -0.3 is 46.6 Å². The zero-order chi connectivity index (χ0) is 41.1. The van der Waals surface area contributed by atoms with Crippen LogP contribution in [0.3, 0.4) is 0 Å². The standard InChI is InChI=1S/C42H67N7O7/c1-28(2)20-31(38(52)46-32(26-50)18-12-13-19-43)23-37(51)34(21-29-14-8-6-9-15-29)47-40(54)36(24-33-25-44-27-45-33)48-39(53)35(22-30-16-10-7-11-17-30)49-41(55)56-42(3,4)5/h7,10-11,16-17,25-29,31-32,34-37,51H,6,8-9,12-15,18-24,43H2,1-5H3,(H,44,45)(H,46,52)(H,47,54)(H,48,53)(H,49,55)/t31-,32-,34-,35-,36-,37-/m0/s1. The minimum absolute atomic E-state index is 0.0595. The maximum absolute atomic E-state index is 14.3.